The Morgan fingerprint density at radius 1 is 0.931 bits per heavy atom. The van der Waals surface area contributed by atoms with Crippen molar-refractivity contribution in [2.45, 2.75) is 11.8 Å². The van der Waals surface area contributed by atoms with E-state index >= 15 is 0 Å². The normalized spacial score (nSPS) is 10.8. The molecule has 0 heterocycles. The van der Waals surface area contributed by atoms with Crippen molar-refractivity contribution in [3.8, 4) is 5.75 Å². The number of hydrogen-bond donors (Lipinski definition) is 3. The van der Waals surface area contributed by atoms with E-state index in [1.54, 1.807) is 24.3 Å². The average molecular weight is 439 g/mol. The van der Waals surface area contributed by atoms with Crippen LogP contribution in [0.1, 0.15) is 17.3 Å². The fourth-order valence-electron chi connectivity index (χ4n) is 2.73. The number of carbonyl (C=O) groups excluding carboxylic acids is 2. The number of phenolic OH excluding ortho intramolecular Hbond substituents is 1. The van der Waals surface area contributed by atoms with Crippen LogP contribution < -0.4 is 62.0 Å². The van der Waals surface area contributed by atoms with Gasteiger partial charge in [-0.25, -0.2) is 8.42 Å². The SMILES string of the molecule is CC(=O)Nc1cccc2c(O)c(C(=O)Nc3ccc(S(=O)(=O)[O-])cc3)ccc12.[K+]. The number of nitrogens with one attached hydrogen (secondary N) is 2. The van der Waals surface area contributed by atoms with Crippen LogP contribution in [-0.4, -0.2) is 29.9 Å². The molecule has 0 spiro atoms. The van der Waals surface area contributed by atoms with Gasteiger partial charge in [0.15, 0.2) is 0 Å². The van der Waals surface area contributed by atoms with Crippen molar-refractivity contribution in [1.29, 1.82) is 0 Å². The zero-order valence-electron chi connectivity index (χ0n) is 15.6. The average Bonchev–Trinajstić information content (AvgIpc) is 2.62. The largest absolute Gasteiger partial charge is 1.00 e. The molecule has 0 saturated heterocycles. The van der Waals surface area contributed by atoms with Gasteiger partial charge in [0.2, 0.25) is 5.91 Å². The van der Waals surface area contributed by atoms with Crippen molar-refractivity contribution in [2.75, 3.05) is 10.6 Å². The standard InChI is InChI=1S/C19H16N2O6S.K/c1-11(22)20-17-4-2-3-15-14(17)9-10-16(18(15)23)19(24)21-12-5-7-13(8-6-12)28(25,26)27;/h2-10,23H,1H3,(H,20,22)(H,21,24)(H,25,26,27);/q;+1/p-1. The van der Waals surface area contributed by atoms with Gasteiger partial charge in [-0.15, -0.1) is 0 Å². The number of hydrogen-bond acceptors (Lipinski definition) is 6. The van der Waals surface area contributed by atoms with Crippen LogP contribution in [0.15, 0.2) is 59.5 Å². The Balaban J connectivity index is 0.00000300. The minimum Gasteiger partial charge on any atom is -0.744 e. The molecule has 144 valence electrons. The molecule has 3 aromatic rings. The summed E-state index contributed by atoms with van der Waals surface area (Å²) in [6.45, 7) is 1.36. The van der Waals surface area contributed by atoms with E-state index < -0.39 is 20.9 Å². The quantitative estimate of drug-likeness (QED) is 0.377. The predicted octanol–water partition coefficient (Wildman–Crippen LogP) is -0.336. The first-order valence-corrected chi connectivity index (χ1v) is 9.47. The molecule has 0 fully saturated rings. The summed E-state index contributed by atoms with van der Waals surface area (Å²) in [6.07, 6.45) is 0. The number of phenols is 1. The minimum atomic E-state index is -4.58. The number of rotatable bonds is 4. The van der Waals surface area contributed by atoms with E-state index in [0.717, 1.165) is 12.1 Å². The molecule has 0 aliphatic heterocycles. The van der Waals surface area contributed by atoms with Crippen LogP contribution in [0.5, 0.6) is 5.75 Å². The Kier molecular flexibility index (Phi) is 7.57. The van der Waals surface area contributed by atoms with Crippen LogP contribution in [0.4, 0.5) is 11.4 Å². The molecule has 0 saturated carbocycles. The third-order valence-corrected chi connectivity index (χ3v) is 4.84. The van der Waals surface area contributed by atoms with Crippen LogP contribution >= 0.6 is 0 Å². The Labute approximate surface area is 209 Å². The monoisotopic (exact) mass is 438 g/mol. The van der Waals surface area contributed by atoms with E-state index in [2.05, 4.69) is 10.6 Å². The number of fused-ring (bicyclic) bond motifs is 1. The van der Waals surface area contributed by atoms with Crippen molar-refractivity contribution in [1.82, 2.24) is 0 Å². The molecular weight excluding hydrogens is 423 g/mol. The molecule has 0 atom stereocenters. The Morgan fingerprint density at radius 2 is 1.59 bits per heavy atom. The molecule has 3 N–H and O–H groups in total. The van der Waals surface area contributed by atoms with Gasteiger partial charge in [0.25, 0.3) is 5.91 Å². The first-order valence-electron chi connectivity index (χ1n) is 8.06. The van der Waals surface area contributed by atoms with Gasteiger partial charge in [-0.05, 0) is 36.4 Å². The van der Waals surface area contributed by atoms with Gasteiger partial charge in [0.05, 0.1) is 10.5 Å². The van der Waals surface area contributed by atoms with Gasteiger partial charge in [-0.3, -0.25) is 9.59 Å². The maximum absolute atomic E-state index is 12.5. The maximum atomic E-state index is 12.5. The number of anilines is 2. The molecule has 0 aromatic heterocycles. The van der Waals surface area contributed by atoms with Crippen LogP contribution in [0.25, 0.3) is 10.8 Å². The fraction of sp³-hybridized carbons (Fsp3) is 0.0526. The number of amides is 2. The first kappa shape index (κ1) is 23.5. The molecule has 3 rings (SSSR count). The molecule has 0 bridgehead atoms. The summed E-state index contributed by atoms with van der Waals surface area (Å²) in [5.41, 5.74) is 0.749. The molecule has 2 amide bonds. The second kappa shape index (κ2) is 9.35. The van der Waals surface area contributed by atoms with Crippen molar-refractivity contribution >= 4 is 44.1 Å². The van der Waals surface area contributed by atoms with Crippen LogP contribution in [0.2, 0.25) is 0 Å². The fourth-order valence-corrected chi connectivity index (χ4v) is 3.20. The molecule has 0 unspecified atom stereocenters. The minimum absolute atomic E-state index is 0. The van der Waals surface area contributed by atoms with E-state index in [1.807, 2.05) is 0 Å². The van der Waals surface area contributed by atoms with Gasteiger partial charge in [0.1, 0.15) is 15.9 Å². The van der Waals surface area contributed by atoms with Crippen LogP contribution in [-0.2, 0) is 14.9 Å². The molecule has 8 nitrogen and oxygen atoms in total. The summed E-state index contributed by atoms with van der Waals surface area (Å²) in [7, 11) is -4.58. The number of aromatic hydroxyl groups is 1. The van der Waals surface area contributed by atoms with Crippen molar-refractivity contribution in [3.05, 3.63) is 60.2 Å². The summed E-state index contributed by atoms with van der Waals surface area (Å²) < 4.78 is 32.8. The van der Waals surface area contributed by atoms with Gasteiger partial charge in [0, 0.05) is 29.1 Å². The van der Waals surface area contributed by atoms with Gasteiger partial charge in [-0.2, -0.15) is 0 Å². The van der Waals surface area contributed by atoms with Gasteiger partial charge >= 0.3 is 51.4 Å². The van der Waals surface area contributed by atoms with Crippen molar-refractivity contribution < 1.29 is 79.1 Å². The molecule has 29 heavy (non-hydrogen) atoms. The summed E-state index contributed by atoms with van der Waals surface area (Å²) >= 11 is 0. The summed E-state index contributed by atoms with van der Waals surface area (Å²) in [4.78, 5) is 23.4. The first-order chi connectivity index (χ1) is 13.2. The summed E-state index contributed by atoms with van der Waals surface area (Å²) in [5, 5.41) is 16.6. The van der Waals surface area contributed by atoms with E-state index in [1.165, 1.54) is 25.1 Å². The number of benzene rings is 3. The Hall–Kier alpha value is -1.79. The summed E-state index contributed by atoms with van der Waals surface area (Å²) in [5.74, 6) is -1.15. The van der Waals surface area contributed by atoms with E-state index in [-0.39, 0.29) is 74.3 Å². The van der Waals surface area contributed by atoms with Gasteiger partial charge < -0.3 is 20.3 Å². The maximum Gasteiger partial charge on any atom is 1.00 e. The zero-order chi connectivity index (χ0) is 20.5. The smallest absolute Gasteiger partial charge is 0.744 e. The Bertz CT molecular complexity index is 1190. The third kappa shape index (κ3) is 5.42. The molecular formula is C19H15KN2O6S. The molecule has 0 aliphatic carbocycles. The second-order valence-corrected chi connectivity index (χ2v) is 7.36. The van der Waals surface area contributed by atoms with Crippen LogP contribution in [0, 0.1) is 0 Å². The summed E-state index contributed by atoms with van der Waals surface area (Å²) in [6, 6.07) is 12.6. The molecule has 0 radical (unpaired) electrons. The van der Waals surface area contributed by atoms with Crippen molar-refractivity contribution in [3.63, 3.8) is 0 Å². The molecule has 10 heteroatoms. The topological polar surface area (TPSA) is 136 Å². The van der Waals surface area contributed by atoms with E-state index in [0.29, 0.717) is 16.5 Å². The molecule has 3 aromatic carbocycles. The van der Waals surface area contributed by atoms with Gasteiger partial charge in [-0.1, -0.05) is 18.2 Å². The number of carbonyl (C=O) groups is 2. The Morgan fingerprint density at radius 3 is 2.17 bits per heavy atom. The van der Waals surface area contributed by atoms with E-state index in [4.69, 9.17) is 0 Å². The predicted molar refractivity (Wildman–Crippen MR) is 102 cm³/mol. The van der Waals surface area contributed by atoms with Crippen LogP contribution in [0.3, 0.4) is 0 Å². The van der Waals surface area contributed by atoms with E-state index in [9.17, 15) is 27.7 Å². The van der Waals surface area contributed by atoms with Crippen molar-refractivity contribution in [2.24, 2.45) is 0 Å². The second-order valence-electron chi connectivity index (χ2n) is 5.98. The third-order valence-electron chi connectivity index (χ3n) is 3.99. The molecule has 0 aliphatic rings. The zero-order valence-corrected chi connectivity index (χ0v) is 19.5.